The van der Waals surface area contributed by atoms with E-state index in [2.05, 4.69) is 28.5 Å². The first-order chi connectivity index (χ1) is 4.41. The molecule has 9 heavy (non-hydrogen) atoms. The topological polar surface area (TPSA) is 36.4 Å². The van der Waals surface area contributed by atoms with Gasteiger partial charge in [0.1, 0.15) is 0 Å². The molecule has 1 unspecified atom stereocenters. The van der Waals surface area contributed by atoms with Crippen LogP contribution in [-0.4, -0.2) is 13.1 Å². The van der Waals surface area contributed by atoms with E-state index >= 15 is 0 Å². The van der Waals surface area contributed by atoms with E-state index < -0.39 is 0 Å². The molecule has 0 rings (SSSR count). The summed E-state index contributed by atoms with van der Waals surface area (Å²) >= 11 is 0. The minimum absolute atomic E-state index is 0.542. The van der Waals surface area contributed by atoms with Gasteiger partial charge in [0.05, 0.1) is 17.4 Å². The molecule has 0 spiro atoms. The van der Waals surface area contributed by atoms with Gasteiger partial charge in [0.15, 0.2) is 0 Å². The van der Waals surface area contributed by atoms with Crippen molar-refractivity contribution in [1.82, 2.24) is 10.2 Å². The van der Waals surface area contributed by atoms with Crippen LogP contribution in [0.4, 0.5) is 0 Å². The largest absolute Gasteiger partial charge is 0.280 e. The summed E-state index contributed by atoms with van der Waals surface area (Å²) in [4.78, 5) is 0. The van der Waals surface area contributed by atoms with E-state index in [1.165, 1.54) is 0 Å². The summed E-state index contributed by atoms with van der Waals surface area (Å²) in [6, 6.07) is 0. The van der Waals surface area contributed by atoms with Gasteiger partial charge in [-0.2, -0.15) is 0 Å². The molecular formula is C4H13N3P2. The molecule has 0 aromatic rings. The Hall–Kier alpha value is 0.450. The Morgan fingerprint density at radius 1 is 1.44 bits per heavy atom. The highest BCUT2D eigenvalue weighted by molar-refractivity contribution is 7.42. The summed E-state index contributed by atoms with van der Waals surface area (Å²) < 4.78 is 4.13. The van der Waals surface area contributed by atoms with Crippen molar-refractivity contribution in [2.75, 3.05) is 13.1 Å². The van der Waals surface area contributed by atoms with Gasteiger partial charge >= 0.3 is 0 Å². The van der Waals surface area contributed by atoms with Crippen LogP contribution < -0.4 is 10.2 Å². The highest BCUT2D eigenvalue weighted by Crippen LogP contribution is 2.10. The molecule has 0 fully saturated rings. The Bertz CT molecular complexity index is 76.2. The van der Waals surface area contributed by atoms with Crippen LogP contribution in [0.2, 0.25) is 0 Å². The van der Waals surface area contributed by atoms with E-state index in [0.717, 1.165) is 21.6 Å². The molecule has 0 aliphatic carbocycles. The van der Waals surface area contributed by atoms with Crippen LogP contribution in [0.25, 0.3) is 0 Å². The highest BCUT2D eigenvalue weighted by Gasteiger charge is 1.73. The molecule has 0 bridgehead atoms. The van der Waals surface area contributed by atoms with E-state index in [1.54, 1.807) is 0 Å². The maximum absolute atomic E-state index is 4.13. The second kappa shape index (κ2) is 8.45. The van der Waals surface area contributed by atoms with Crippen molar-refractivity contribution in [3.05, 3.63) is 0 Å². The number of hydrogen-bond donors (Lipinski definition) is 2. The molecule has 54 valence electrons. The molecule has 0 aromatic carbocycles. The van der Waals surface area contributed by atoms with E-state index in [9.17, 15) is 0 Å². The van der Waals surface area contributed by atoms with Crippen molar-refractivity contribution in [1.29, 1.82) is 0 Å². The van der Waals surface area contributed by atoms with Crippen molar-refractivity contribution in [2.24, 2.45) is 4.52 Å². The highest BCUT2D eigenvalue weighted by atomic mass is 31.1. The zero-order chi connectivity index (χ0) is 6.95. The van der Waals surface area contributed by atoms with E-state index in [4.69, 9.17) is 0 Å². The standard InChI is InChI=1S/C4H13N3P2/c1-3-5-8-7-9-6-4-2/h5,8H,3-4H2,1-2H3,(H,6,7). The monoisotopic (exact) mass is 165 g/mol. The fraction of sp³-hybridized carbons (Fsp3) is 1.00. The fourth-order valence-corrected chi connectivity index (χ4v) is 1.31. The van der Waals surface area contributed by atoms with E-state index in [1.807, 2.05) is 0 Å². The summed E-state index contributed by atoms with van der Waals surface area (Å²) in [5, 5.41) is 6.20. The summed E-state index contributed by atoms with van der Waals surface area (Å²) in [7, 11) is 1.53. The van der Waals surface area contributed by atoms with Crippen molar-refractivity contribution in [3.8, 4) is 0 Å². The Morgan fingerprint density at radius 3 is 2.78 bits per heavy atom. The Morgan fingerprint density at radius 2 is 2.22 bits per heavy atom. The minimum atomic E-state index is 0.542. The van der Waals surface area contributed by atoms with Gasteiger partial charge in [0.25, 0.3) is 0 Å². The predicted molar refractivity (Wildman–Crippen MR) is 45.0 cm³/mol. The molecule has 0 saturated heterocycles. The molecule has 0 radical (unpaired) electrons. The molecule has 0 saturated carbocycles. The molecule has 2 N–H and O–H groups in total. The van der Waals surface area contributed by atoms with Gasteiger partial charge in [-0.1, -0.05) is 13.8 Å². The van der Waals surface area contributed by atoms with Gasteiger partial charge in [-0.05, 0) is 6.54 Å². The van der Waals surface area contributed by atoms with Crippen molar-refractivity contribution >= 4 is 17.4 Å². The van der Waals surface area contributed by atoms with Crippen molar-refractivity contribution in [2.45, 2.75) is 13.8 Å². The third-order valence-electron chi connectivity index (χ3n) is 0.585. The van der Waals surface area contributed by atoms with E-state index in [-0.39, 0.29) is 0 Å². The Labute approximate surface area is 59.8 Å². The van der Waals surface area contributed by atoms with Gasteiger partial charge < -0.3 is 0 Å². The summed E-state index contributed by atoms with van der Waals surface area (Å²) in [5.74, 6) is 0. The van der Waals surface area contributed by atoms with Crippen LogP contribution in [0.1, 0.15) is 13.8 Å². The molecule has 5 heteroatoms. The molecule has 0 aromatic heterocycles. The quantitative estimate of drug-likeness (QED) is 0.481. The predicted octanol–water partition coefficient (Wildman–Crippen LogP) is 1.76. The van der Waals surface area contributed by atoms with Gasteiger partial charge in [0, 0.05) is 6.54 Å². The Balaban J connectivity index is 2.86. The maximum Gasteiger partial charge on any atom is 0.0954 e. The van der Waals surface area contributed by atoms with Crippen LogP contribution in [0, 0.1) is 0 Å². The third-order valence-corrected chi connectivity index (χ3v) is 2.35. The minimum Gasteiger partial charge on any atom is -0.280 e. The Kier molecular flexibility index (Phi) is 8.87. The number of nitrogens with zero attached hydrogens (tertiary/aromatic N) is 1. The maximum atomic E-state index is 4.13. The first-order valence-corrected chi connectivity index (χ1v) is 4.81. The first-order valence-electron chi connectivity index (χ1n) is 3.02. The molecule has 0 heterocycles. The van der Waals surface area contributed by atoms with Crippen LogP contribution in [-0.2, 0) is 0 Å². The molecule has 1 atom stereocenters. The van der Waals surface area contributed by atoms with Crippen molar-refractivity contribution in [3.63, 3.8) is 0 Å². The summed E-state index contributed by atoms with van der Waals surface area (Å²) in [5.41, 5.74) is 0. The average Bonchev–Trinajstić information content (AvgIpc) is 1.89. The zero-order valence-corrected chi connectivity index (χ0v) is 7.70. The second-order valence-corrected chi connectivity index (χ2v) is 3.25. The molecular weight excluding hydrogens is 152 g/mol. The van der Waals surface area contributed by atoms with Crippen LogP contribution >= 0.6 is 17.4 Å². The lowest BCUT2D eigenvalue weighted by molar-refractivity contribution is 1.02. The number of hydrogen-bond acceptors (Lipinski definition) is 2. The zero-order valence-electron chi connectivity index (χ0n) is 5.81. The van der Waals surface area contributed by atoms with Gasteiger partial charge in [-0.25, -0.2) is 4.52 Å². The third kappa shape index (κ3) is 8.45. The van der Waals surface area contributed by atoms with Crippen LogP contribution in [0.15, 0.2) is 4.52 Å². The van der Waals surface area contributed by atoms with Gasteiger partial charge in [-0.15, -0.1) is 0 Å². The molecule has 0 aliphatic heterocycles. The average molecular weight is 165 g/mol. The number of rotatable bonds is 5. The fourth-order valence-electron chi connectivity index (χ4n) is 0.245. The normalized spacial score (nSPS) is 12.2. The number of nitrogens with one attached hydrogen (secondary N) is 2. The van der Waals surface area contributed by atoms with Crippen LogP contribution in [0.3, 0.4) is 0 Å². The first kappa shape index (κ1) is 9.45. The summed E-state index contributed by atoms with van der Waals surface area (Å²) in [6.45, 7) is 6.14. The molecule has 3 nitrogen and oxygen atoms in total. The van der Waals surface area contributed by atoms with Crippen LogP contribution in [0.5, 0.6) is 0 Å². The lowest BCUT2D eigenvalue weighted by Gasteiger charge is -1.91. The van der Waals surface area contributed by atoms with Gasteiger partial charge in [0.2, 0.25) is 0 Å². The lowest BCUT2D eigenvalue weighted by atomic mass is 10.8. The summed E-state index contributed by atoms with van der Waals surface area (Å²) in [6.07, 6.45) is 0. The van der Waals surface area contributed by atoms with Gasteiger partial charge in [-0.3, -0.25) is 10.2 Å². The van der Waals surface area contributed by atoms with Crippen molar-refractivity contribution < 1.29 is 0 Å². The molecule has 0 aliphatic rings. The second-order valence-electron chi connectivity index (χ2n) is 1.35. The smallest absolute Gasteiger partial charge is 0.0954 e. The molecule has 0 amide bonds. The SMILES string of the molecule is CCNP=NPNCC. The van der Waals surface area contributed by atoms with E-state index in [0.29, 0.717) is 8.88 Å². The lowest BCUT2D eigenvalue weighted by Crippen LogP contribution is -1.96.